The fourth-order valence-corrected chi connectivity index (χ4v) is 2.50. The Morgan fingerprint density at radius 2 is 1.77 bits per heavy atom. The number of carboxylic acids is 1. The van der Waals surface area contributed by atoms with Crippen LogP contribution in [0, 0.1) is 0 Å². The van der Waals surface area contributed by atoms with E-state index in [9.17, 15) is 19.8 Å². The van der Waals surface area contributed by atoms with Crippen molar-refractivity contribution in [1.29, 1.82) is 0 Å². The summed E-state index contributed by atoms with van der Waals surface area (Å²) in [6, 6.07) is 0. The van der Waals surface area contributed by atoms with E-state index in [2.05, 4.69) is 0 Å². The third-order valence-corrected chi connectivity index (χ3v) is 3.82. The highest BCUT2D eigenvalue weighted by Gasteiger charge is 2.48. The van der Waals surface area contributed by atoms with E-state index in [1.165, 1.54) is 0 Å². The molecule has 7 heteroatoms. The summed E-state index contributed by atoms with van der Waals surface area (Å²) in [6.45, 7) is 5.17. The van der Waals surface area contributed by atoms with Crippen LogP contribution in [-0.2, 0) is 14.3 Å². The van der Waals surface area contributed by atoms with Crippen molar-refractivity contribution in [2.24, 2.45) is 0 Å². The van der Waals surface area contributed by atoms with Gasteiger partial charge in [-0.05, 0) is 12.8 Å². The highest BCUT2D eigenvalue weighted by atomic mass is 16.7. The van der Waals surface area contributed by atoms with Crippen molar-refractivity contribution >= 4 is 11.9 Å². The zero-order valence-corrected chi connectivity index (χ0v) is 13.3. The Balaban J connectivity index is 2.80. The Bertz CT molecular complexity index is 380. The number of aliphatic hydroxyl groups excluding tert-OH is 1. The van der Waals surface area contributed by atoms with Crippen LogP contribution in [0.2, 0.25) is 0 Å². The first kappa shape index (κ1) is 18.9. The van der Waals surface area contributed by atoms with Crippen LogP contribution in [0.1, 0.15) is 52.4 Å². The molecule has 7 nitrogen and oxygen atoms in total. The van der Waals surface area contributed by atoms with Crippen LogP contribution in [0.5, 0.6) is 0 Å². The fourth-order valence-electron chi connectivity index (χ4n) is 2.50. The molecule has 1 saturated heterocycles. The number of carbonyl (C=O) groups is 2. The van der Waals surface area contributed by atoms with Crippen LogP contribution in [0.3, 0.4) is 0 Å². The summed E-state index contributed by atoms with van der Waals surface area (Å²) in [5, 5.41) is 28.7. The lowest BCUT2D eigenvalue weighted by atomic mass is 9.97. The predicted octanol–water partition coefficient (Wildman–Crippen LogP) is 0.728. The number of amides is 1. The van der Waals surface area contributed by atoms with Crippen molar-refractivity contribution < 1.29 is 29.6 Å². The maximum Gasteiger partial charge on any atom is 0.364 e. The van der Waals surface area contributed by atoms with E-state index in [4.69, 9.17) is 9.84 Å². The molecule has 128 valence electrons. The van der Waals surface area contributed by atoms with Crippen molar-refractivity contribution in [3.05, 3.63) is 0 Å². The molecule has 3 unspecified atom stereocenters. The van der Waals surface area contributed by atoms with Crippen molar-refractivity contribution in [3.8, 4) is 0 Å². The number of nitrogens with zero attached hydrogens (tertiary/aromatic N) is 1. The number of carbonyl (C=O) groups excluding carboxylic acids is 1. The fraction of sp³-hybridized carbons (Fsp3) is 0.867. The van der Waals surface area contributed by atoms with Gasteiger partial charge in [0.1, 0.15) is 6.10 Å². The molecule has 1 aliphatic heterocycles. The molecule has 0 aromatic heterocycles. The van der Waals surface area contributed by atoms with Crippen LogP contribution in [0.4, 0.5) is 0 Å². The lowest BCUT2D eigenvalue weighted by Gasteiger charge is -2.38. The van der Waals surface area contributed by atoms with E-state index in [0.717, 1.165) is 25.7 Å². The molecule has 0 saturated carbocycles. The largest absolute Gasteiger partial charge is 0.477 e. The Morgan fingerprint density at radius 3 is 2.23 bits per heavy atom. The van der Waals surface area contributed by atoms with Crippen molar-refractivity contribution in [1.82, 2.24) is 4.90 Å². The number of aliphatic hydroxyl groups is 2. The van der Waals surface area contributed by atoms with Gasteiger partial charge in [0.2, 0.25) is 0 Å². The van der Waals surface area contributed by atoms with Gasteiger partial charge in [-0.1, -0.05) is 26.7 Å². The molecular formula is C15H27NO6. The second-order valence-electron chi connectivity index (χ2n) is 5.82. The van der Waals surface area contributed by atoms with Gasteiger partial charge >= 0.3 is 5.97 Å². The maximum absolute atomic E-state index is 12.6. The van der Waals surface area contributed by atoms with E-state index < -0.39 is 30.4 Å². The lowest BCUT2D eigenvalue weighted by molar-refractivity contribution is -0.268. The maximum atomic E-state index is 12.6. The van der Waals surface area contributed by atoms with Gasteiger partial charge < -0.3 is 25.0 Å². The number of aliphatic carboxylic acids is 1. The van der Waals surface area contributed by atoms with Gasteiger partial charge in [-0.15, -0.1) is 0 Å². The van der Waals surface area contributed by atoms with E-state index in [0.29, 0.717) is 13.1 Å². The predicted molar refractivity (Wildman–Crippen MR) is 79.1 cm³/mol. The zero-order valence-electron chi connectivity index (χ0n) is 13.3. The molecule has 0 bridgehead atoms. The first-order chi connectivity index (χ1) is 10.3. The van der Waals surface area contributed by atoms with E-state index in [1.54, 1.807) is 4.90 Å². The standard InChI is InChI=1S/C15H27NO6/c1-3-5-7-16(8-6-4-2)13(18)12-9-11(17)10-15(21,22-12)14(19)20/h11-12,17,21H,3-10H2,1-2H3,(H,19,20). The molecule has 0 aliphatic carbocycles. The first-order valence-corrected chi connectivity index (χ1v) is 7.94. The van der Waals surface area contributed by atoms with E-state index >= 15 is 0 Å². The SMILES string of the molecule is CCCCN(CCCC)C(=O)C1CC(O)CC(O)(C(=O)O)O1. The zero-order chi connectivity index (χ0) is 16.8. The van der Waals surface area contributed by atoms with Gasteiger partial charge in [0.05, 0.1) is 6.10 Å². The van der Waals surface area contributed by atoms with Crippen LogP contribution >= 0.6 is 0 Å². The number of rotatable bonds is 8. The molecule has 3 atom stereocenters. The molecule has 1 heterocycles. The molecule has 1 fully saturated rings. The number of carboxylic acid groups (broad SMARTS) is 1. The number of ether oxygens (including phenoxy) is 1. The van der Waals surface area contributed by atoms with Crippen molar-refractivity contribution in [3.63, 3.8) is 0 Å². The summed E-state index contributed by atoms with van der Waals surface area (Å²) < 4.78 is 5.11. The molecule has 0 spiro atoms. The Hall–Kier alpha value is -1.18. The average Bonchev–Trinajstić information content (AvgIpc) is 2.45. The van der Waals surface area contributed by atoms with Gasteiger partial charge in [-0.2, -0.15) is 0 Å². The number of hydrogen-bond acceptors (Lipinski definition) is 5. The molecule has 0 aromatic rings. The summed E-state index contributed by atoms with van der Waals surface area (Å²) in [5.74, 6) is -4.45. The Morgan fingerprint density at radius 1 is 1.23 bits per heavy atom. The molecule has 22 heavy (non-hydrogen) atoms. The summed E-state index contributed by atoms with van der Waals surface area (Å²) in [5.41, 5.74) is 0. The van der Waals surface area contributed by atoms with Gasteiger partial charge in [-0.25, -0.2) is 4.79 Å². The Kier molecular flexibility index (Phi) is 7.25. The van der Waals surface area contributed by atoms with Gasteiger partial charge in [0.25, 0.3) is 11.7 Å². The Labute approximate surface area is 130 Å². The molecule has 1 amide bonds. The summed E-state index contributed by atoms with van der Waals surface area (Å²) in [6.07, 6.45) is 0.911. The molecule has 1 aliphatic rings. The van der Waals surface area contributed by atoms with Crippen molar-refractivity contribution in [2.75, 3.05) is 13.1 Å². The van der Waals surface area contributed by atoms with Crippen molar-refractivity contribution in [2.45, 2.75) is 70.4 Å². The highest BCUT2D eigenvalue weighted by molar-refractivity contribution is 5.82. The van der Waals surface area contributed by atoms with Crippen LogP contribution in [-0.4, -0.2) is 63.2 Å². The topological polar surface area (TPSA) is 107 Å². The lowest BCUT2D eigenvalue weighted by Crippen LogP contribution is -2.56. The van der Waals surface area contributed by atoms with Crippen LogP contribution in [0.25, 0.3) is 0 Å². The van der Waals surface area contributed by atoms with E-state index in [1.807, 2.05) is 13.8 Å². The molecular weight excluding hydrogens is 290 g/mol. The van der Waals surface area contributed by atoms with Crippen LogP contribution < -0.4 is 0 Å². The highest BCUT2D eigenvalue weighted by Crippen LogP contribution is 2.28. The monoisotopic (exact) mass is 317 g/mol. The molecule has 1 rings (SSSR count). The minimum Gasteiger partial charge on any atom is -0.477 e. The molecule has 3 N–H and O–H groups in total. The second kappa shape index (κ2) is 8.45. The molecule has 0 radical (unpaired) electrons. The molecule has 0 aromatic carbocycles. The smallest absolute Gasteiger partial charge is 0.364 e. The summed E-state index contributed by atoms with van der Waals surface area (Å²) in [4.78, 5) is 25.3. The minimum atomic E-state index is -2.50. The van der Waals surface area contributed by atoms with Gasteiger partial charge in [0, 0.05) is 25.9 Å². The summed E-state index contributed by atoms with van der Waals surface area (Å²) >= 11 is 0. The van der Waals surface area contributed by atoms with E-state index in [-0.39, 0.29) is 12.3 Å². The summed E-state index contributed by atoms with van der Waals surface area (Å²) in [7, 11) is 0. The normalized spacial score (nSPS) is 28.4. The minimum absolute atomic E-state index is 0.00315. The quantitative estimate of drug-likeness (QED) is 0.609. The first-order valence-electron chi connectivity index (χ1n) is 7.94. The number of unbranched alkanes of at least 4 members (excludes halogenated alkanes) is 2. The third-order valence-electron chi connectivity index (χ3n) is 3.82. The van der Waals surface area contributed by atoms with Crippen LogP contribution in [0.15, 0.2) is 0 Å². The second-order valence-corrected chi connectivity index (χ2v) is 5.82. The van der Waals surface area contributed by atoms with Gasteiger partial charge in [-0.3, -0.25) is 4.79 Å². The third kappa shape index (κ3) is 4.93. The average molecular weight is 317 g/mol. The number of hydrogen-bond donors (Lipinski definition) is 3. The van der Waals surface area contributed by atoms with Gasteiger partial charge in [0.15, 0.2) is 0 Å².